The Bertz CT molecular complexity index is 288. The Morgan fingerprint density at radius 2 is 2.21 bits per heavy atom. The van der Waals surface area contributed by atoms with E-state index in [-0.39, 0.29) is 24.2 Å². The summed E-state index contributed by atoms with van der Waals surface area (Å²) in [6.07, 6.45) is 4.47. The van der Waals surface area contributed by atoms with Crippen LogP contribution in [0.1, 0.15) is 39.5 Å². The van der Waals surface area contributed by atoms with Gasteiger partial charge in [-0.15, -0.1) is 12.4 Å². The number of amides is 1. The van der Waals surface area contributed by atoms with E-state index in [0.717, 1.165) is 32.5 Å². The van der Waals surface area contributed by atoms with Crippen molar-refractivity contribution in [2.45, 2.75) is 51.6 Å². The first-order valence-electron chi connectivity index (χ1n) is 7.45. The fourth-order valence-corrected chi connectivity index (χ4v) is 3.28. The van der Waals surface area contributed by atoms with E-state index in [9.17, 15) is 4.79 Å². The molecule has 2 heterocycles. The van der Waals surface area contributed by atoms with Gasteiger partial charge in [0.05, 0.1) is 0 Å². The molecule has 0 aromatic rings. The largest absolute Gasteiger partial charge is 0.354 e. The molecule has 2 aliphatic heterocycles. The van der Waals surface area contributed by atoms with Gasteiger partial charge in [0.2, 0.25) is 5.91 Å². The van der Waals surface area contributed by atoms with Gasteiger partial charge in [-0.25, -0.2) is 0 Å². The zero-order valence-corrected chi connectivity index (χ0v) is 13.0. The van der Waals surface area contributed by atoms with Gasteiger partial charge in [-0.1, -0.05) is 6.92 Å². The predicted molar refractivity (Wildman–Crippen MR) is 80.7 cm³/mol. The highest BCUT2D eigenvalue weighted by Gasteiger charge is 2.27. The highest BCUT2D eigenvalue weighted by atomic mass is 35.5. The molecule has 112 valence electrons. The summed E-state index contributed by atoms with van der Waals surface area (Å²) in [7, 11) is 0. The van der Waals surface area contributed by atoms with Crippen LogP contribution >= 0.6 is 12.4 Å². The van der Waals surface area contributed by atoms with Crippen molar-refractivity contribution in [3.63, 3.8) is 0 Å². The number of hydrogen-bond donors (Lipinski definition) is 2. The number of nitrogens with one attached hydrogen (secondary N) is 2. The minimum absolute atomic E-state index is 0. The van der Waals surface area contributed by atoms with E-state index >= 15 is 0 Å². The second-order valence-electron chi connectivity index (χ2n) is 5.75. The molecule has 1 amide bonds. The second-order valence-corrected chi connectivity index (χ2v) is 5.75. The van der Waals surface area contributed by atoms with Crippen LogP contribution in [0, 0.1) is 5.92 Å². The number of carbonyl (C=O) groups is 1. The fourth-order valence-electron chi connectivity index (χ4n) is 3.28. The van der Waals surface area contributed by atoms with E-state index in [1.54, 1.807) is 0 Å². The maximum atomic E-state index is 12.1. The highest BCUT2D eigenvalue weighted by molar-refractivity contribution is 5.85. The van der Waals surface area contributed by atoms with Crippen molar-refractivity contribution in [1.82, 2.24) is 15.5 Å². The fraction of sp³-hybridized carbons (Fsp3) is 0.929. The van der Waals surface area contributed by atoms with Gasteiger partial charge in [-0.3, -0.25) is 9.69 Å². The molecule has 0 bridgehead atoms. The molecule has 0 saturated carbocycles. The van der Waals surface area contributed by atoms with Crippen molar-refractivity contribution in [2.24, 2.45) is 5.92 Å². The third kappa shape index (κ3) is 4.62. The highest BCUT2D eigenvalue weighted by Crippen LogP contribution is 2.18. The van der Waals surface area contributed by atoms with Crippen molar-refractivity contribution < 1.29 is 4.79 Å². The summed E-state index contributed by atoms with van der Waals surface area (Å²) in [5, 5.41) is 6.56. The zero-order chi connectivity index (χ0) is 13.0. The number of likely N-dealkylation sites (tertiary alicyclic amines) is 1. The van der Waals surface area contributed by atoms with E-state index in [0.29, 0.717) is 12.1 Å². The molecule has 19 heavy (non-hydrogen) atoms. The van der Waals surface area contributed by atoms with Crippen LogP contribution in [-0.4, -0.2) is 49.1 Å². The van der Waals surface area contributed by atoms with Crippen LogP contribution in [0.3, 0.4) is 0 Å². The molecule has 5 heteroatoms. The molecule has 4 nitrogen and oxygen atoms in total. The minimum atomic E-state index is 0. The first-order chi connectivity index (χ1) is 8.70. The van der Waals surface area contributed by atoms with Crippen LogP contribution in [-0.2, 0) is 4.79 Å². The van der Waals surface area contributed by atoms with Gasteiger partial charge in [0, 0.05) is 24.5 Å². The Labute approximate surface area is 123 Å². The third-order valence-corrected chi connectivity index (χ3v) is 4.41. The average molecular weight is 290 g/mol. The Hall–Kier alpha value is -0.320. The smallest absolute Gasteiger partial charge is 0.223 e. The Balaban J connectivity index is 0.00000180. The van der Waals surface area contributed by atoms with E-state index in [1.807, 2.05) is 0 Å². The summed E-state index contributed by atoms with van der Waals surface area (Å²) in [5.74, 6) is 0.490. The lowest BCUT2D eigenvalue weighted by Crippen LogP contribution is -2.45. The van der Waals surface area contributed by atoms with Gasteiger partial charge in [0.1, 0.15) is 0 Å². The molecule has 0 spiro atoms. The van der Waals surface area contributed by atoms with Crippen LogP contribution in [0.5, 0.6) is 0 Å². The molecule has 2 saturated heterocycles. The normalized spacial score (nSPS) is 31.8. The molecule has 0 aromatic heterocycles. The number of likely N-dealkylation sites (N-methyl/N-ethyl adjacent to an activating group) is 1. The Morgan fingerprint density at radius 3 is 2.89 bits per heavy atom. The molecule has 0 aromatic carbocycles. The lowest BCUT2D eigenvalue weighted by Gasteiger charge is -2.28. The van der Waals surface area contributed by atoms with Crippen molar-refractivity contribution in [1.29, 1.82) is 0 Å². The van der Waals surface area contributed by atoms with Crippen molar-refractivity contribution in [2.75, 3.05) is 26.2 Å². The first-order valence-corrected chi connectivity index (χ1v) is 7.45. The molecule has 1 unspecified atom stereocenters. The molecular weight excluding hydrogens is 262 g/mol. The first kappa shape index (κ1) is 16.7. The van der Waals surface area contributed by atoms with Crippen molar-refractivity contribution in [3.05, 3.63) is 0 Å². The third-order valence-electron chi connectivity index (χ3n) is 4.41. The standard InChI is InChI=1S/C14H27N3O.ClH/c1-3-17-8-4-5-13(17)10-16-14(18)12-6-7-15-11(2)9-12;/h11-13,15H,3-10H2,1-2H3,(H,16,18);1H/t11-,12-,13?;/m0./s1. The van der Waals surface area contributed by atoms with Crippen LogP contribution in [0.25, 0.3) is 0 Å². The number of nitrogens with zero attached hydrogens (tertiary/aromatic N) is 1. The topological polar surface area (TPSA) is 44.4 Å². The van der Waals surface area contributed by atoms with Gasteiger partial charge in [-0.05, 0) is 52.2 Å². The number of halogens is 1. The summed E-state index contributed by atoms with van der Waals surface area (Å²) in [6.45, 7) is 8.48. The van der Waals surface area contributed by atoms with E-state index in [2.05, 4.69) is 29.4 Å². The lowest BCUT2D eigenvalue weighted by molar-refractivity contribution is -0.126. The van der Waals surface area contributed by atoms with Gasteiger partial charge in [0.15, 0.2) is 0 Å². The summed E-state index contributed by atoms with van der Waals surface area (Å²) in [4.78, 5) is 14.6. The Kier molecular flexibility index (Phi) is 7.11. The number of carbonyl (C=O) groups excluding carboxylic acids is 1. The number of hydrogen-bond acceptors (Lipinski definition) is 3. The predicted octanol–water partition coefficient (Wildman–Crippen LogP) is 1.40. The molecule has 2 rings (SSSR count). The van der Waals surface area contributed by atoms with Crippen molar-refractivity contribution in [3.8, 4) is 0 Å². The molecule has 2 aliphatic rings. The van der Waals surface area contributed by atoms with Gasteiger partial charge < -0.3 is 10.6 Å². The summed E-state index contributed by atoms with van der Waals surface area (Å²) >= 11 is 0. The van der Waals surface area contributed by atoms with E-state index < -0.39 is 0 Å². The van der Waals surface area contributed by atoms with Crippen LogP contribution < -0.4 is 10.6 Å². The maximum absolute atomic E-state index is 12.1. The van der Waals surface area contributed by atoms with Gasteiger partial charge in [-0.2, -0.15) is 0 Å². The second kappa shape index (κ2) is 8.08. The molecule has 3 atom stereocenters. The maximum Gasteiger partial charge on any atom is 0.223 e. The van der Waals surface area contributed by atoms with Gasteiger partial charge in [0.25, 0.3) is 0 Å². The molecule has 2 N–H and O–H groups in total. The SMILES string of the molecule is CCN1CCCC1CNC(=O)[C@H]1CCN[C@@H](C)C1.Cl. The van der Waals surface area contributed by atoms with E-state index in [4.69, 9.17) is 0 Å². The molecule has 0 aliphatic carbocycles. The average Bonchev–Trinajstić information content (AvgIpc) is 2.83. The quantitative estimate of drug-likeness (QED) is 0.822. The summed E-state index contributed by atoms with van der Waals surface area (Å²) in [6, 6.07) is 1.05. The number of rotatable bonds is 4. The molecule has 2 fully saturated rings. The van der Waals surface area contributed by atoms with E-state index in [1.165, 1.54) is 19.4 Å². The lowest BCUT2D eigenvalue weighted by atomic mass is 9.92. The van der Waals surface area contributed by atoms with Crippen LogP contribution in [0.4, 0.5) is 0 Å². The monoisotopic (exact) mass is 289 g/mol. The van der Waals surface area contributed by atoms with Crippen LogP contribution in [0.15, 0.2) is 0 Å². The number of piperidine rings is 1. The van der Waals surface area contributed by atoms with Gasteiger partial charge >= 0.3 is 0 Å². The zero-order valence-electron chi connectivity index (χ0n) is 12.2. The van der Waals surface area contributed by atoms with Crippen molar-refractivity contribution >= 4 is 18.3 Å². The summed E-state index contributed by atoms with van der Waals surface area (Å²) < 4.78 is 0. The Morgan fingerprint density at radius 1 is 1.42 bits per heavy atom. The van der Waals surface area contributed by atoms with Crippen LogP contribution in [0.2, 0.25) is 0 Å². The molecular formula is C14H28ClN3O. The minimum Gasteiger partial charge on any atom is -0.354 e. The summed E-state index contributed by atoms with van der Waals surface area (Å²) in [5.41, 5.74) is 0. The molecule has 0 radical (unpaired) electrons.